The molecular formula is C17H26P. The molecule has 0 spiro atoms. The zero-order chi connectivity index (χ0) is 13.0. The summed E-state index contributed by atoms with van der Waals surface area (Å²) in [5.41, 5.74) is 4.90. The normalized spacial score (nSPS) is 18.8. The molecule has 0 aromatic heterocycles. The first-order chi connectivity index (χ1) is 8.65. The van der Waals surface area contributed by atoms with Crippen LogP contribution < -0.4 is 0 Å². The van der Waals surface area contributed by atoms with Crippen LogP contribution in [0.2, 0.25) is 0 Å². The first-order valence-electron chi connectivity index (χ1n) is 7.32. The van der Waals surface area contributed by atoms with Crippen molar-refractivity contribution in [2.24, 2.45) is 0 Å². The van der Waals surface area contributed by atoms with Gasteiger partial charge in [-0.3, -0.25) is 0 Å². The fourth-order valence-electron chi connectivity index (χ4n) is 3.05. The number of benzene rings is 1. The lowest BCUT2D eigenvalue weighted by atomic mass is 9.85. The van der Waals surface area contributed by atoms with E-state index in [0.717, 1.165) is 0 Å². The van der Waals surface area contributed by atoms with Gasteiger partial charge in [-0.05, 0) is 56.7 Å². The van der Waals surface area contributed by atoms with E-state index in [4.69, 9.17) is 0 Å². The second-order valence-electron chi connectivity index (χ2n) is 5.88. The predicted molar refractivity (Wildman–Crippen MR) is 83.9 cm³/mol. The molecule has 0 aliphatic heterocycles. The van der Waals surface area contributed by atoms with Gasteiger partial charge in [0.1, 0.15) is 0 Å². The third kappa shape index (κ3) is 4.09. The van der Waals surface area contributed by atoms with Gasteiger partial charge < -0.3 is 0 Å². The van der Waals surface area contributed by atoms with Gasteiger partial charge in [-0.2, -0.15) is 0 Å². The third-order valence-electron chi connectivity index (χ3n) is 4.04. The van der Waals surface area contributed by atoms with Crippen molar-refractivity contribution in [1.82, 2.24) is 0 Å². The minimum Gasteiger partial charge on any atom is -0.130 e. The Bertz CT molecular complexity index is 357. The molecule has 0 amide bonds. The van der Waals surface area contributed by atoms with Gasteiger partial charge >= 0.3 is 0 Å². The molecule has 0 N–H and O–H groups in total. The maximum absolute atomic E-state index is 3.04. The van der Waals surface area contributed by atoms with Crippen molar-refractivity contribution in [3.63, 3.8) is 0 Å². The summed E-state index contributed by atoms with van der Waals surface area (Å²) in [6.07, 6.45) is 9.73. The Kier molecular flexibility index (Phi) is 5.25. The highest BCUT2D eigenvalue weighted by Crippen LogP contribution is 2.35. The average molecular weight is 261 g/mol. The minimum atomic E-state index is 0.623. The van der Waals surface area contributed by atoms with Crippen LogP contribution in [0.15, 0.2) is 18.2 Å². The van der Waals surface area contributed by atoms with Crippen LogP contribution in [0.3, 0.4) is 0 Å². The molecule has 1 fully saturated rings. The van der Waals surface area contributed by atoms with Gasteiger partial charge in [0.05, 0.1) is 0 Å². The highest BCUT2D eigenvalue weighted by molar-refractivity contribution is 7.17. The largest absolute Gasteiger partial charge is 0.130 e. The van der Waals surface area contributed by atoms with Gasteiger partial charge in [-0.1, -0.05) is 48.6 Å². The van der Waals surface area contributed by atoms with Crippen molar-refractivity contribution in [3.8, 4) is 0 Å². The van der Waals surface area contributed by atoms with Crippen LogP contribution in [0.1, 0.15) is 67.3 Å². The predicted octanol–water partition coefficient (Wildman–Crippen LogP) is 5.54. The summed E-state index contributed by atoms with van der Waals surface area (Å²) in [5, 5.41) is 0. The van der Waals surface area contributed by atoms with Crippen molar-refractivity contribution in [2.75, 3.05) is 0 Å². The third-order valence-corrected chi connectivity index (χ3v) is 4.76. The molecule has 2 atom stereocenters. The van der Waals surface area contributed by atoms with Crippen LogP contribution in [0.25, 0.3) is 0 Å². The van der Waals surface area contributed by atoms with Crippen LogP contribution in [-0.2, 0) is 0 Å². The molecule has 0 saturated heterocycles. The van der Waals surface area contributed by atoms with Gasteiger partial charge in [0.2, 0.25) is 0 Å². The lowest BCUT2D eigenvalue weighted by molar-refractivity contribution is 0.496. The summed E-state index contributed by atoms with van der Waals surface area (Å²) in [7, 11) is 3.04. The fourth-order valence-corrected chi connectivity index (χ4v) is 3.41. The van der Waals surface area contributed by atoms with Gasteiger partial charge in [0.15, 0.2) is 0 Å². The Morgan fingerprint density at radius 1 is 1.00 bits per heavy atom. The SMILES string of the molecule is Cc1cc(C)cc(C(P)CC[C]2CCCCC2)c1. The van der Waals surface area contributed by atoms with E-state index in [-0.39, 0.29) is 0 Å². The zero-order valence-electron chi connectivity index (χ0n) is 11.8. The Balaban J connectivity index is 1.88. The van der Waals surface area contributed by atoms with Gasteiger partial charge in [-0.25, -0.2) is 0 Å². The monoisotopic (exact) mass is 261 g/mol. The summed E-state index contributed by atoms with van der Waals surface area (Å²) < 4.78 is 0. The number of hydrogen-bond acceptors (Lipinski definition) is 0. The Hall–Kier alpha value is -0.350. The molecule has 0 bridgehead atoms. The van der Waals surface area contributed by atoms with Crippen molar-refractivity contribution in [3.05, 3.63) is 40.8 Å². The van der Waals surface area contributed by atoms with E-state index in [0.29, 0.717) is 5.66 Å². The van der Waals surface area contributed by atoms with Gasteiger partial charge in [-0.15, -0.1) is 9.24 Å². The number of aryl methyl sites for hydroxylation is 2. The van der Waals surface area contributed by atoms with E-state index >= 15 is 0 Å². The second kappa shape index (κ2) is 6.71. The Labute approximate surface area is 115 Å². The van der Waals surface area contributed by atoms with E-state index in [2.05, 4.69) is 41.3 Å². The molecule has 2 unspecified atom stereocenters. The van der Waals surface area contributed by atoms with Crippen LogP contribution in [0, 0.1) is 19.8 Å². The van der Waals surface area contributed by atoms with Crippen molar-refractivity contribution < 1.29 is 0 Å². The average Bonchev–Trinajstić information content (AvgIpc) is 2.36. The van der Waals surface area contributed by atoms with E-state index in [1.165, 1.54) is 61.6 Å². The highest BCUT2D eigenvalue weighted by atomic mass is 31.0. The molecule has 1 radical (unpaired) electrons. The molecule has 1 aromatic rings. The van der Waals surface area contributed by atoms with E-state index < -0.39 is 0 Å². The molecule has 1 aromatic carbocycles. The molecule has 1 aliphatic carbocycles. The first-order valence-corrected chi connectivity index (χ1v) is 7.99. The highest BCUT2D eigenvalue weighted by Gasteiger charge is 2.15. The van der Waals surface area contributed by atoms with Crippen molar-refractivity contribution >= 4 is 9.24 Å². The zero-order valence-corrected chi connectivity index (χ0v) is 13.0. The molecule has 0 heterocycles. The summed E-state index contributed by atoms with van der Waals surface area (Å²) in [6, 6.07) is 6.95. The van der Waals surface area contributed by atoms with E-state index in [1.54, 1.807) is 0 Å². The molecule has 1 saturated carbocycles. The van der Waals surface area contributed by atoms with Crippen molar-refractivity contribution in [1.29, 1.82) is 0 Å². The van der Waals surface area contributed by atoms with Crippen molar-refractivity contribution in [2.45, 2.75) is 64.5 Å². The molecule has 99 valence electrons. The topological polar surface area (TPSA) is 0 Å². The molecule has 2 rings (SSSR count). The summed E-state index contributed by atoms with van der Waals surface area (Å²) in [6.45, 7) is 4.40. The summed E-state index contributed by atoms with van der Waals surface area (Å²) >= 11 is 0. The smallest absolute Gasteiger partial charge is 0.00142 e. The fraction of sp³-hybridized carbons (Fsp3) is 0.588. The maximum atomic E-state index is 3.04. The summed E-state index contributed by atoms with van der Waals surface area (Å²) in [4.78, 5) is 0. The minimum absolute atomic E-state index is 0.623. The summed E-state index contributed by atoms with van der Waals surface area (Å²) in [5.74, 6) is 1.82. The van der Waals surface area contributed by atoms with Gasteiger partial charge in [0.25, 0.3) is 0 Å². The number of hydrogen-bond donors (Lipinski definition) is 0. The van der Waals surface area contributed by atoms with Crippen LogP contribution in [-0.4, -0.2) is 0 Å². The van der Waals surface area contributed by atoms with Crippen LogP contribution in [0.4, 0.5) is 0 Å². The molecule has 1 aliphatic rings. The second-order valence-corrected chi connectivity index (χ2v) is 6.68. The van der Waals surface area contributed by atoms with E-state index in [1.807, 2.05) is 5.92 Å². The molecular weight excluding hydrogens is 235 g/mol. The maximum Gasteiger partial charge on any atom is -0.00142 e. The molecule has 1 heteroatoms. The molecule has 0 nitrogen and oxygen atoms in total. The lowest BCUT2D eigenvalue weighted by Gasteiger charge is -2.22. The lowest BCUT2D eigenvalue weighted by Crippen LogP contribution is -2.05. The van der Waals surface area contributed by atoms with Crippen LogP contribution >= 0.6 is 9.24 Å². The first kappa shape index (κ1) is 14.1. The Morgan fingerprint density at radius 3 is 2.22 bits per heavy atom. The van der Waals surface area contributed by atoms with Gasteiger partial charge in [0, 0.05) is 0 Å². The standard InChI is InChI=1S/C17H26P/c1-13-10-14(2)12-16(11-13)17(18)9-8-15-6-4-3-5-7-15/h10-12,17H,3-9,18H2,1-2H3. The molecule has 18 heavy (non-hydrogen) atoms. The van der Waals surface area contributed by atoms with E-state index in [9.17, 15) is 0 Å². The quantitative estimate of drug-likeness (QED) is 0.624. The van der Waals surface area contributed by atoms with Crippen LogP contribution in [0.5, 0.6) is 0 Å². The number of rotatable bonds is 4. The Morgan fingerprint density at radius 2 is 1.61 bits per heavy atom.